The van der Waals surface area contributed by atoms with E-state index in [1.54, 1.807) is 12.1 Å². The summed E-state index contributed by atoms with van der Waals surface area (Å²) in [7, 11) is 0. The minimum absolute atomic E-state index is 0.105. The highest BCUT2D eigenvalue weighted by atomic mass is 19.1. The van der Waals surface area contributed by atoms with Gasteiger partial charge in [0.25, 0.3) is 0 Å². The van der Waals surface area contributed by atoms with Gasteiger partial charge in [-0.2, -0.15) is 4.68 Å². The Bertz CT molecular complexity index is 617. The molecule has 0 spiro atoms. The van der Waals surface area contributed by atoms with E-state index in [1.165, 1.54) is 16.8 Å². The van der Waals surface area contributed by atoms with E-state index in [0.29, 0.717) is 11.5 Å². The van der Waals surface area contributed by atoms with Crippen LogP contribution < -0.4 is 5.32 Å². The Morgan fingerprint density at radius 2 is 2.15 bits per heavy atom. The van der Waals surface area contributed by atoms with Crippen molar-refractivity contribution in [3.05, 3.63) is 35.9 Å². The number of nitrogens with one attached hydrogen (secondary N) is 1. The van der Waals surface area contributed by atoms with Gasteiger partial charge in [-0.3, -0.25) is 4.79 Å². The molecule has 0 unspecified atom stereocenters. The van der Waals surface area contributed by atoms with Crippen LogP contribution in [0.3, 0.4) is 0 Å². The van der Waals surface area contributed by atoms with E-state index in [0.717, 1.165) is 0 Å². The number of carbonyl (C=O) groups is 1. The summed E-state index contributed by atoms with van der Waals surface area (Å²) in [5, 5.41) is 14.0. The minimum atomic E-state index is -0.489. The second-order valence-corrected chi connectivity index (χ2v) is 5.42. The van der Waals surface area contributed by atoms with E-state index < -0.39 is 5.41 Å². The topological polar surface area (TPSA) is 72.7 Å². The summed E-state index contributed by atoms with van der Waals surface area (Å²) in [5.74, 6) is -0.0397. The second kappa shape index (κ2) is 5.36. The Morgan fingerprint density at radius 1 is 1.40 bits per heavy atom. The van der Waals surface area contributed by atoms with Gasteiger partial charge in [-0.05, 0) is 28.6 Å². The lowest BCUT2D eigenvalue weighted by atomic mass is 9.96. The number of aromatic nitrogens is 4. The van der Waals surface area contributed by atoms with Crippen molar-refractivity contribution in [1.82, 2.24) is 25.5 Å². The van der Waals surface area contributed by atoms with E-state index >= 15 is 0 Å². The zero-order valence-electron chi connectivity index (χ0n) is 11.6. The van der Waals surface area contributed by atoms with Crippen molar-refractivity contribution in [3.8, 4) is 5.69 Å². The Hall–Kier alpha value is -2.31. The lowest BCUT2D eigenvalue weighted by molar-refractivity contribution is -0.128. The van der Waals surface area contributed by atoms with E-state index in [2.05, 4.69) is 20.8 Å². The predicted octanol–water partition coefficient (Wildman–Crippen LogP) is 1.46. The highest BCUT2D eigenvalue weighted by Crippen LogP contribution is 2.13. The van der Waals surface area contributed by atoms with Crippen LogP contribution >= 0.6 is 0 Å². The Kier molecular flexibility index (Phi) is 3.78. The molecule has 0 aliphatic heterocycles. The van der Waals surface area contributed by atoms with Crippen LogP contribution in [0.1, 0.15) is 26.6 Å². The summed E-state index contributed by atoms with van der Waals surface area (Å²) in [6, 6.07) is 5.93. The fourth-order valence-electron chi connectivity index (χ4n) is 1.55. The van der Waals surface area contributed by atoms with Crippen LogP contribution in [0, 0.1) is 11.2 Å². The smallest absolute Gasteiger partial charge is 0.225 e. The molecule has 1 heterocycles. The molecule has 0 aliphatic carbocycles. The third-order valence-electron chi connectivity index (χ3n) is 2.68. The van der Waals surface area contributed by atoms with Gasteiger partial charge in [0.05, 0.1) is 12.2 Å². The van der Waals surface area contributed by atoms with Gasteiger partial charge >= 0.3 is 0 Å². The van der Waals surface area contributed by atoms with Crippen LogP contribution in [-0.4, -0.2) is 26.1 Å². The maximum absolute atomic E-state index is 13.2. The van der Waals surface area contributed by atoms with Crippen molar-refractivity contribution in [2.75, 3.05) is 0 Å². The molecule has 1 aromatic heterocycles. The first-order chi connectivity index (χ1) is 9.38. The Labute approximate surface area is 116 Å². The summed E-state index contributed by atoms with van der Waals surface area (Å²) in [5.41, 5.74) is 0.0203. The summed E-state index contributed by atoms with van der Waals surface area (Å²) >= 11 is 0. The van der Waals surface area contributed by atoms with E-state index in [9.17, 15) is 9.18 Å². The molecule has 0 radical (unpaired) electrons. The van der Waals surface area contributed by atoms with Crippen LogP contribution in [0.2, 0.25) is 0 Å². The number of tetrazole rings is 1. The van der Waals surface area contributed by atoms with Crippen LogP contribution in [-0.2, 0) is 11.3 Å². The van der Waals surface area contributed by atoms with Crippen LogP contribution in [0.25, 0.3) is 5.69 Å². The molecule has 0 aliphatic rings. The Balaban J connectivity index is 2.16. The maximum Gasteiger partial charge on any atom is 0.225 e. The first kappa shape index (κ1) is 14.1. The van der Waals surface area contributed by atoms with Gasteiger partial charge in [0.15, 0.2) is 5.82 Å². The average molecular weight is 277 g/mol. The van der Waals surface area contributed by atoms with Crippen molar-refractivity contribution in [1.29, 1.82) is 0 Å². The number of hydrogen-bond acceptors (Lipinski definition) is 4. The largest absolute Gasteiger partial charge is 0.348 e. The van der Waals surface area contributed by atoms with Crippen LogP contribution in [0.4, 0.5) is 4.39 Å². The lowest BCUT2D eigenvalue weighted by Crippen LogP contribution is -2.35. The molecule has 0 saturated heterocycles. The monoisotopic (exact) mass is 277 g/mol. The fourth-order valence-corrected chi connectivity index (χ4v) is 1.55. The molecule has 0 fully saturated rings. The molecule has 1 amide bonds. The van der Waals surface area contributed by atoms with E-state index in [1.807, 2.05) is 20.8 Å². The first-order valence-corrected chi connectivity index (χ1v) is 6.19. The highest BCUT2D eigenvalue weighted by Gasteiger charge is 2.21. The normalized spacial score (nSPS) is 11.4. The zero-order chi connectivity index (χ0) is 14.8. The molecule has 1 aromatic carbocycles. The lowest BCUT2D eigenvalue weighted by Gasteiger charge is -2.17. The zero-order valence-corrected chi connectivity index (χ0v) is 11.6. The highest BCUT2D eigenvalue weighted by molar-refractivity contribution is 5.81. The van der Waals surface area contributed by atoms with E-state index in [4.69, 9.17) is 0 Å². The minimum Gasteiger partial charge on any atom is -0.348 e. The van der Waals surface area contributed by atoms with Gasteiger partial charge in [-0.1, -0.05) is 26.8 Å². The number of carbonyl (C=O) groups excluding carboxylic acids is 1. The van der Waals surface area contributed by atoms with Gasteiger partial charge in [-0.25, -0.2) is 4.39 Å². The van der Waals surface area contributed by atoms with Gasteiger partial charge < -0.3 is 5.32 Å². The van der Waals surface area contributed by atoms with Gasteiger partial charge in [0.1, 0.15) is 5.82 Å². The van der Waals surface area contributed by atoms with Crippen molar-refractivity contribution in [2.45, 2.75) is 27.3 Å². The molecule has 20 heavy (non-hydrogen) atoms. The number of halogens is 1. The predicted molar refractivity (Wildman–Crippen MR) is 70.4 cm³/mol. The number of amides is 1. The summed E-state index contributed by atoms with van der Waals surface area (Å²) < 4.78 is 14.6. The standard InChI is InChI=1S/C13H16FN5O/c1-13(2,3)12(20)15-8-11-16-17-18-19(11)10-6-4-5-9(14)7-10/h4-7H,8H2,1-3H3,(H,15,20). The third kappa shape index (κ3) is 3.17. The average Bonchev–Trinajstić information content (AvgIpc) is 2.83. The number of hydrogen-bond donors (Lipinski definition) is 1. The van der Waals surface area contributed by atoms with E-state index in [-0.39, 0.29) is 18.3 Å². The molecular weight excluding hydrogens is 261 g/mol. The van der Waals surface area contributed by atoms with Gasteiger partial charge in [0, 0.05) is 5.41 Å². The van der Waals surface area contributed by atoms with Crippen LogP contribution in [0.15, 0.2) is 24.3 Å². The maximum atomic E-state index is 13.2. The molecule has 2 aromatic rings. The summed E-state index contributed by atoms with van der Waals surface area (Å²) in [4.78, 5) is 11.8. The van der Waals surface area contributed by atoms with Crippen molar-refractivity contribution in [2.24, 2.45) is 5.41 Å². The quantitative estimate of drug-likeness (QED) is 0.922. The fraction of sp³-hybridized carbons (Fsp3) is 0.385. The molecule has 1 N–H and O–H groups in total. The third-order valence-corrected chi connectivity index (χ3v) is 2.68. The molecule has 0 saturated carbocycles. The van der Waals surface area contributed by atoms with Crippen LogP contribution in [0.5, 0.6) is 0 Å². The summed E-state index contributed by atoms with van der Waals surface area (Å²) in [6.45, 7) is 5.63. The number of benzene rings is 1. The van der Waals surface area contributed by atoms with Crippen molar-refractivity contribution in [3.63, 3.8) is 0 Å². The molecule has 0 bridgehead atoms. The van der Waals surface area contributed by atoms with Crippen molar-refractivity contribution < 1.29 is 9.18 Å². The Morgan fingerprint density at radius 3 is 2.80 bits per heavy atom. The molecular formula is C13H16FN5O. The SMILES string of the molecule is CC(C)(C)C(=O)NCc1nnnn1-c1cccc(F)c1. The molecule has 0 atom stereocenters. The second-order valence-electron chi connectivity index (χ2n) is 5.42. The molecule has 2 rings (SSSR count). The molecule has 106 valence electrons. The van der Waals surface area contributed by atoms with Gasteiger partial charge in [0.2, 0.25) is 5.91 Å². The van der Waals surface area contributed by atoms with Gasteiger partial charge in [-0.15, -0.1) is 5.10 Å². The molecule has 6 nitrogen and oxygen atoms in total. The van der Waals surface area contributed by atoms with Crippen molar-refractivity contribution >= 4 is 5.91 Å². The molecule has 7 heteroatoms. The number of nitrogens with zero attached hydrogens (tertiary/aromatic N) is 4. The summed E-state index contributed by atoms with van der Waals surface area (Å²) in [6.07, 6.45) is 0. The number of rotatable bonds is 3. The first-order valence-electron chi connectivity index (χ1n) is 6.19.